The van der Waals surface area contributed by atoms with Crippen LogP contribution >= 0.6 is 0 Å². The highest BCUT2D eigenvalue weighted by Gasteiger charge is 2.11. The van der Waals surface area contributed by atoms with Crippen LogP contribution in [0.5, 0.6) is 5.75 Å². The fraction of sp³-hybridized carbons (Fsp3) is 0.400. The quantitative estimate of drug-likeness (QED) is 0.778. The molecule has 0 unspecified atom stereocenters. The van der Waals surface area contributed by atoms with Crippen LogP contribution in [0.25, 0.3) is 0 Å². The second-order valence-corrected chi connectivity index (χ2v) is 2.97. The van der Waals surface area contributed by atoms with Crippen molar-refractivity contribution in [1.82, 2.24) is 0 Å². The molecule has 5 heteroatoms. The van der Waals surface area contributed by atoms with Gasteiger partial charge in [0.1, 0.15) is 24.8 Å². The van der Waals surface area contributed by atoms with Gasteiger partial charge in [0.05, 0.1) is 6.10 Å². The molecule has 3 nitrogen and oxygen atoms in total. The third kappa shape index (κ3) is 3.14. The van der Waals surface area contributed by atoms with Crippen molar-refractivity contribution >= 4 is 0 Å². The Morgan fingerprint density at radius 1 is 1.47 bits per heavy atom. The number of hydrogen-bond donors (Lipinski definition) is 2. The third-order valence-electron chi connectivity index (χ3n) is 1.90. The Kier molecular flexibility index (Phi) is 4.45. The topological polar surface area (TPSA) is 55.5 Å². The molecule has 0 aliphatic heterocycles. The van der Waals surface area contributed by atoms with Crippen LogP contribution in [0.2, 0.25) is 0 Å². The molecule has 0 saturated heterocycles. The normalized spacial score (nSPS) is 12.5. The molecular weight excluding hydrogens is 204 g/mol. The minimum atomic E-state index is -1.03. The number of alkyl halides is 1. The van der Waals surface area contributed by atoms with Gasteiger partial charge in [0.25, 0.3) is 0 Å². The van der Waals surface area contributed by atoms with Gasteiger partial charge in [-0.05, 0) is 12.1 Å². The number of halogens is 2. The Labute approximate surface area is 86.5 Å². The zero-order valence-corrected chi connectivity index (χ0v) is 8.12. The van der Waals surface area contributed by atoms with Crippen LogP contribution in [-0.4, -0.2) is 24.9 Å². The van der Waals surface area contributed by atoms with Gasteiger partial charge in [-0.15, -0.1) is 0 Å². The summed E-state index contributed by atoms with van der Waals surface area (Å²) in [5, 5.41) is 9.31. The van der Waals surface area contributed by atoms with E-state index in [-0.39, 0.29) is 24.5 Å². The van der Waals surface area contributed by atoms with Crippen molar-refractivity contribution in [2.75, 3.05) is 19.8 Å². The fourth-order valence-electron chi connectivity index (χ4n) is 1.15. The zero-order valence-electron chi connectivity index (χ0n) is 8.12. The molecule has 1 aromatic carbocycles. The number of ether oxygens (including phenoxy) is 1. The first-order chi connectivity index (χ1) is 7.19. The Hall–Kier alpha value is -1.20. The highest BCUT2D eigenvalue weighted by Crippen LogP contribution is 2.21. The molecule has 84 valence electrons. The predicted molar refractivity (Wildman–Crippen MR) is 51.9 cm³/mol. The van der Waals surface area contributed by atoms with Gasteiger partial charge in [0.15, 0.2) is 0 Å². The number of nitrogens with two attached hydrogens (primary N) is 1. The summed E-state index contributed by atoms with van der Waals surface area (Å²) in [5.41, 5.74) is 5.31. The maximum atomic E-state index is 13.3. The standard InChI is InChI=1S/C10H13F2NO2/c11-3-4-15-7-1-2-8(9(12)5-7)10(14)6-13/h1-2,5,10,14H,3-4,6,13H2/t10-/m0/s1. The maximum Gasteiger partial charge on any atom is 0.132 e. The van der Waals surface area contributed by atoms with Gasteiger partial charge >= 0.3 is 0 Å². The van der Waals surface area contributed by atoms with Crippen molar-refractivity contribution in [3.63, 3.8) is 0 Å². The molecular formula is C10H13F2NO2. The van der Waals surface area contributed by atoms with E-state index in [0.29, 0.717) is 0 Å². The number of benzene rings is 1. The van der Waals surface area contributed by atoms with Crippen LogP contribution in [-0.2, 0) is 0 Å². The minimum absolute atomic E-state index is 0.0540. The number of hydrogen-bond acceptors (Lipinski definition) is 3. The lowest BCUT2D eigenvalue weighted by molar-refractivity contribution is 0.181. The van der Waals surface area contributed by atoms with E-state index >= 15 is 0 Å². The predicted octanol–water partition coefficient (Wildman–Crippen LogP) is 1.17. The van der Waals surface area contributed by atoms with Gasteiger partial charge in [-0.25, -0.2) is 8.78 Å². The second-order valence-electron chi connectivity index (χ2n) is 2.97. The van der Waals surface area contributed by atoms with E-state index in [1.807, 2.05) is 0 Å². The van der Waals surface area contributed by atoms with Gasteiger partial charge < -0.3 is 15.6 Å². The Morgan fingerprint density at radius 2 is 2.20 bits per heavy atom. The van der Waals surface area contributed by atoms with Crippen molar-refractivity contribution in [2.24, 2.45) is 5.73 Å². The van der Waals surface area contributed by atoms with Crippen LogP contribution in [0.15, 0.2) is 18.2 Å². The molecule has 3 N–H and O–H groups in total. The highest BCUT2D eigenvalue weighted by atomic mass is 19.1. The van der Waals surface area contributed by atoms with Crippen LogP contribution in [0, 0.1) is 5.82 Å². The molecule has 0 aromatic heterocycles. The van der Waals surface area contributed by atoms with Gasteiger partial charge in [-0.3, -0.25) is 0 Å². The lowest BCUT2D eigenvalue weighted by atomic mass is 10.1. The monoisotopic (exact) mass is 217 g/mol. The van der Waals surface area contributed by atoms with Gasteiger partial charge in [-0.1, -0.05) is 0 Å². The van der Waals surface area contributed by atoms with Crippen molar-refractivity contribution in [2.45, 2.75) is 6.10 Å². The number of aliphatic hydroxyl groups is 1. The summed E-state index contributed by atoms with van der Waals surface area (Å²) in [6, 6.07) is 3.94. The molecule has 1 aromatic rings. The summed E-state index contributed by atoms with van der Waals surface area (Å²) < 4.78 is 30.0. The lowest BCUT2D eigenvalue weighted by Crippen LogP contribution is -2.13. The molecule has 0 spiro atoms. The number of rotatable bonds is 5. The largest absolute Gasteiger partial charge is 0.491 e. The Morgan fingerprint density at radius 3 is 2.73 bits per heavy atom. The van der Waals surface area contributed by atoms with E-state index in [4.69, 9.17) is 10.5 Å². The molecule has 0 aliphatic carbocycles. The first-order valence-electron chi connectivity index (χ1n) is 4.55. The first kappa shape index (κ1) is 11.9. The molecule has 0 heterocycles. The molecule has 15 heavy (non-hydrogen) atoms. The van der Waals surface area contributed by atoms with Gasteiger partial charge in [-0.2, -0.15) is 0 Å². The van der Waals surface area contributed by atoms with Crippen molar-refractivity contribution in [1.29, 1.82) is 0 Å². The van der Waals surface area contributed by atoms with Crippen molar-refractivity contribution < 1.29 is 18.6 Å². The summed E-state index contributed by atoms with van der Waals surface area (Å²) in [5.74, 6) is -0.373. The molecule has 0 aliphatic rings. The van der Waals surface area contributed by atoms with Crippen LogP contribution in [0.4, 0.5) is 8.78 Å². The maximum absolute atomic E-state index is 13.3. The van der Waals surface area contributed by atoms with E-state index in [1.165, 1.54) is 12.1 Å². The highest BCUT2D eigenvalue weighted by molar-refractivity contribution is 5.30. The van der Waals surface area contributed by atoms with Gasteiger partial charge in [0.2, 0.25) is 0 Å². The molecule has 0 radical (unpaired) electrons. The van der Waals surface area contributed by atoms with Crippen molar-refractivity contribution in [3.05, 3.63) is 29.6 Å². The SMILES string of the molecule is NC[C@H](O)c1ccc(OCCF)cc1F. The second kappa shape index (κ2) is 5.63. The van der Waals surface area contributed by atoms with E-state index in [2.05, 4.69) is 0 Å². The molecule has 1 atom stereocenters. The minimum Gasteiger partial charge on any atom is -0.491 e. The van der Waals surface area contributed by atoms with E-state index in [0.717, 1.165) is 6.07 Å². The molecule has 1 rings (SSSR count). The van der Waals surface area contributed by atoms with Crippen LogP contribution in [0.3, 0.4) is 0 Å². The molecule has 0 saturated carbocycles. The summed E-state index contributed by atoms with van der Waals surface area (Å²) in [7, 11) is 0. The van der Waals surface area contributed by atoms with Crippen molar-refractivity contribution in [3.8, 4) is 5.75 Å². The summed E-state index contributed by atoms with van der Waals surface area (Å²) in [4.78, 5) is 0. The first-order valence-corrected chi connectivity index (χ1v) is 4.55. The average molecular weight is 217 g/mol. The molecule has 0 fully saturated rings. The van der Waals surface area contributed by atoms with Crippen LogP contribution < -0.4 is 10.5 Å². The Bertz CT molecular complexity index is 320. The third-order valence-corrected chi connectivity index (χ3v) is 1.90. The molecule has 0 amide bonds. The van der Waals surface area contributed by atoms with Gasteiger partial charge in [0, 0.05) is 18.2 Å². The zero-order chi connectivity index (χ0) is 11.3. The number of aliphatic hydroxyl groups excluding tert-OH is 1. The Balaban J connectivity index is 2.78. The van der Waals surface area contributed by atoms with E-state index in [1.54, 1.807) is 0 Å². The molecule has 0 bridgehead atoms. The lowest BCUT2D eigenvalue weighted by Gasteiger charge is -2.10. The smallest absolute Gasteiger partial charge is 0.132 e. The average Bonchev–Trinajstić information content (AvgIpc) is 2.25. The summed E-state index contributed by atoms with van der Waals surface area (Å²) >= 11 is 0. The summed E-state index contributed by atoms with van der Waals surface area (Å²) in [6.45, 7) is -0.797. The summed E-state index contributed by atoms with van der Waals surface area (Å²) in [6.07, 6.45) is -1.03. The van der Waals surface area contributed by atoms with E-state index in [9.17, 15) is 13.9 Å². The fourth-order valence-corrected chi connectivity index (χ4v) is 1.15. The van der Waals surface area contributed by atoms with Crippen LogP contribution in [0.1, 0.15) is 11.7 Å². The van der Waals surface area contributed by atoms with E-state index < -0.39 is 18.6 Å².